The number of benzene rings is 2. The van der Waals surface area contributed by atoms with Crippen molar-refractivity contribution in [3.63, 3.8) is 0 Å². The highest BCUT2D eigenvalue weighted by molar-refractivity contribution is 5.83. The van der Waals surface area contributed by atoms with Crippen LogP contribution in [0, 0.1) is 0 Å². The molecule has 1 amide bonds. The summed E-state index contributed by atoms with van der Waals surface area (Å²) in [6.07, 6.45) is -4.55. The number of hydrogen-bond donors (Lipinski definition) is 1. The second kappa shape index (κ2) is 11.0. The Kier molecular flexibility index (Phi) is 8.06. The number of ether oxygens (including phenoxy) is 5. The molecule has 0 bridgehead atoms. The minimum absolute atomic E-state index is 0.296. The van der Waals surface area contributed by atoms with E-state index >= 15 is 0 Å². The lowest BCUT2D eigenvalue weighted by Crippen LogP contribution is -2.67. The third kappa shape index (κ3) is 6.44. The summed E-state index contributed by atoms with van der Waals surface area (Å²) in [5.74, 6) is -1.94. The highest BCUT2D eigenvalue weighted by Crippen LogP contribution is 2.30. The fraction of sp³-hybridized carbons (Fsp3) is 0.417. The molecule has 0 unspecified atom stereocenters. The summed E-state index contributed by atoms with van der Waals surface area (Å²) in [5, 5.41) is 4.58. The van der Waals surface area contributed by atoms with E-state index in [4.69, 9.17) is 23.7 Å². The van der Waals surface area contributed by atoms with Crippen molar-refractivity contribution in [1.29, 1.82) is 0 Å². The number of nitrogens with one attached hydrogen (secondary N) is 1. The van der Waals surface area contributed by atoms with Crippen molar-refractivity contribution in [2.45, 2.75) is 58.3 Å². The number of fused-ring (bicyclic) bond motifs is 1. The van der Waals surface area contributed by atoms with Gasteiger partial charge < -0.3 is 29.0 Å². The molecule has 1 saturated heterocycles. The van der Waals surface area contributed by atoms with Gasteiger partial charge in [0.1, 0.15) is 24.5 Å². The maximum absolute atomic E-state index is 12.0. The molecule has 34 heavy (non-hydrogen) atoms. The van der Waals surface area contributed by atoms with Gasteiger partial charge in [-0.3, -0.25) is 19.2 Å². The molecular weight excluding hydrogens is 446 g/mol. The molecule has 2 aromatic carbocycles. The first-order valence-electron chi connectivity index (χ1n) is 10.7. The number of rotatable bonds is 7. The first kappa shape index (κ1) is 25.0. The molecule has 0 aliphatic carbocycles. The topological polar surface area (TPSA) is 126 Å². The third-order valence-electron chi connectivity index (χ3n) is 5.04. The maximum Gasteiger partial charge on any atom is 0.303 e. The van der Waals surface area contributed by atoms with Crippen LogP contribution in [0.15, 0.2) is 42.5 Å². The molecule has 0 radical (unpaired) electrons. The Morgan fingerprint density at radius 1 is 0.853 bits per heavy atom. The van der Waals surface area contributed by atoms with E-state index in [0.29, 0.717) is 5.75 Å². The zero-order chi connectivity index (χ0) is 24.8. The highest BCUT2D eigenvalue weighted by Gasteiger charge is 2.51. The van der Waals surface area contributed by atoms with Crippen LogP contribution in [0.1, 0.15) is 27.7 Å². The molecule has 5 atom stereocenters. The summed E-state index contributed by atoms with van der Waals surface area (Å²) in [6, 6.07) is 12.0. The van der Waals surface area contributed by atoms with Crippen LogP contribution in [0.2, 0.25) is 0 Å². The van der Waals surface area contributed by atoms with Crippen LogP contribution in [0.5, 0.6) is 5.75 Å². The highest BCUT2D eigenvalue weighted by atomic mass is 16.7. The van der Waals surface area contributed by atoms with Gasteiger partial charge in [0, 0.05) is 27.7 Å². The van der Waals surface area contributed by atoms with Crippen LogP contribution in [0.3, 0.4) is 0 Å². The van der Waals surface area contributed by atoms with Crippen molar-refractivity contribution in [1.82, 2.24) is 5.32 Å². The normalized spacial score (nSPS) is 24.1. The minimum Gasteiger partial charge on any atom is -0.463 e. The number of carbonyl (C=O) groups is 4. The largest absolute Gasteiger partial charge is 0.463 e. The lowest BCUT2D eigenvalue weighted by Gasteiger charge is -2.44. The zero-order valence-electron chi connectivity index (χ0n) is 19.3. The SMILES string of the molecule is CC(=O)N[C@@H]1[C@@H](Oc2ccc3ccccc3c2)O[C@@H](COC(C)=O)[C@H](OC(C)=O)[C@H]1OC(C)=O. The van der Waals surface area contributed by atoms with Crippen LogP contribution in [0.4, 0.5) is 0 Å². The summed E-state index contributed by atoms with van der Waals surface area (Å²) < 4.78 is 28.0. The Morgan fingerprint density at radius 3 is 2.12 bits per heavy atom. The predicted molar refractivity (Wildman–Crippen MR) is 119 cm³/mol. The number of hydrogen-bond acceptors (Lipinski definition) is 9. The van der Waals surface area contributed by atoms with Gasteiger partial charge in [0.25, 0.3) is 0 Å². The number of carbonyl (C=O) groups excluding carboxylic acids is 4. The summed E-state index contributed by atoms with van der Waals surface area (Å²) in [7, 11) is 0. The predicted octanol–water partition coefficient (Wildman–Crippen LogP) is 1.87. The van der Waals surface area contributed by atoms with E-state index < -0.39 is 54.5 Å². The quantitative estimate of drug-likeness (QED) is 0.474. The fourth-order valence-electron chi connectivity index (χ4n) is 3.77. The summed E-state index contributed by atoms with van der Waals surface area (Å²) >= 11 is 0. The molecule has 10 heteroatoms. The van der Waals surface area contributed by atoms with Crippen LogP contribution in [-0.4, -0.2) is 61.1 Å². The summed E-state index contributed by atoms with van der Waals surface area (Å²) in [6.45, 7) is 4.57. The molecular formula is C24H27NO9. The third-order valence-corrected chi connectivity index (χ3v) is 5.04. The van der Waals surface area contributed by atoms with Gasteiger partial charge in [-0.15, -0.1) is 0 Å². The molecule has 1 heterocycles. The van der Waals surface area contributed by atoms with E-state index in [0.717, 1.165) is 10.8 Å². The molecule has 2 aromatic rings. The molecule has 1 aliphatic rings. The van der Waals surface area contributed by atoms with Gasteiger partial charge in [0.15, 0.2) is 12.2 Å². The van der Waals surface area contributed by atoms with Gasteiger partial charge in [-0.1, -0.05) is 30.3 Å². The Bertz CT molecular complexity index is 1070. The van der Waals surface area contributed by atoms with Crippen molar-refractivity contribution >= 4 is 34.6 Å². The Balaban J connectivity index is 1.98. The molecule has 182 valence electrons. The first-order chi connectivity index (χ1) is 16.1. The van der Waals surface area contributed by atoms with Gasteiger partial charge in [0.05, 0.1) is 0 Å². The van der Waals surface area contributed by atoms with Crippen molar-refractivity contribution in [2.75, 3.05) is 6.61 Å². The average molecular weight is 473 g/mol. The average Bonchev–Trinajstić information content (AvgIpc) is 2.75. The Morgan fingerprint density at radius 2 is 1.50 bits per heavy atom. The standard InChI is InChI=1S/C24H27NO9/c1-13(26)25-21-23(32-16(4)29)22(31-15(3)28)20(12-30-14(2)27)34-24(21)33-19-10-9-17-7-5-6-8-18(17)11-19/h5-11,20-24H,12H2,1-4H3,(H,25,26)/t20-,21-,22-,23-,24-/m0/s1. The molecule has 3 rings (SSSR count). The van der Waals surface area contributed by atoms with E-state index in [9.17, 15) is 19.2 Å². The summed E-state index contributed by atoms with van der Waals surface area (Å²) in [4.78, 5) is 47.1. The Hall–Kier alpha value is -3.66. The van der Waals surface area contributed by atoms with Crippen molar-refractivity contribution in [3.8, 4) is 5.75 Å². The smallest absolute Gasteiger partial charge is 0.303 e. The van der Waals surface area contributed by atoms with E-state index in [1.807, 2.05) is 30.3 Å². The lowest BCUT2D eigenvalue weighted by molar-refractivity contribution is -0.257. The zero-order valence-corrected chi connectivity index (χ0v) is 19.3. The van der Waals surface area contributed by atoms with Crippen molar-refractivity contribution in [3.05, 3.63) is 42.5 Å². The van der Waals surface area contributed by atoms with Gasteiger partial charge in [-0.05, 0) is 22.9 Å². The second-order valence-electron chi connectivity index (χ2n) is 7.85. The molecule has 1 N–H and O–H groups in total. The van der Waals surface area contributed by atoms with Crippen molar-refractivity contribution < 1.29 is 42.9 Å². The number of amides is 1. The van der Waals surface area contributed by atoms with Crippen molar-refractivity contribution in [2.24, 2.45) is 0 Å². The van der Waals surface area contributed by atoms with E-state index in [1.54, 1.807) is 12.1 Å². The van der Waals surface area contributed by atoms with E-state index in [-0.39, 0.29) is 6.61 Å². The van der Waals surface area contributed by atoms with Crippen LogP contribution in [-0.2, 0) is 38.1 Å². The molecule has 0 saturated carbocycles. The fourth-order valence-corrected chi connectivity index (χ4v) is 3.77. The molecule has 10 nitrogen and oxygen atoms in total. The van der Waals surface area contributed by atoms with Gasteiger partial charge >= 0.3 is 17.9 Å². The van der Waals surface area contributed by atoms with Crippen LogP contribution >= 0.6 is 0 Å². The maximum atomic E-state index is 12.0. The monoisotopic (exact) mass is 473 g/mol. The van der Waals surface area contributed by atoms with Gasteiger partial charge in [-0.25, -0.2) is 0 Å². The van der Waals surface area contributed by atoms with Gasteiger partial charge in [-0.2, -0.15) is 0 Å². The lowest BCUT2D eigenvalue weighted by atomic mass is 9.96. The number of esters is 3. The molecule has 0 aromatic heterocycles. The Labute approximate surface area is 196 Å². The van der Waals surface area contributed by atoms with Gasteiger partial charge in [0.2, 0.25) is 12.2 Å². The second-order valence-corrected chi connectivity index (χ2v) is 7.85. The van der Waals surface area contributed by atoms with Crippen LogP contribution in [0.25, 0.3) is 10.8 Å². The first-order valence-corrected chi connectivity index (χ1v) is 10.7. The van der Waals surface area contributed by atoms with Crippen LogP contribution < -0.4 is 10.1 Å². The molecule has 1 fully saturated rings. The molecule has 1 aliphatic heterocycles. The van der Waals surface area contributed by atoms with E-state index in [1.165, 1.54) is 27.7 Å². The summed E-state index contributed by atoms with van der Waals surface area (Å²) in [5.41, 5.74) is 0. The molecule has 0 spiro atoms. The minimum atomic E-state index is -1.18. The van der Waals surface area contributed by atoms with E-state index in [2.05, 4.69) is 5.32 Å².